The summed E-state index contributed by atoms with van der Waals surface area (Å²) in [7, 11) is 1.49. The first-order valence-corrected chi connectivity index (χ1v) is 4.22. The largest absolute Gasteiger partial charge is 0.401 e. The number of alkyl halides is 3. The Balaban J connectivity index is 2.31. The molecule has 0 saturated heterocycles. The third-order valence-electron chi connectivity index (χ3n) is 1.53. The summed E-state index contributed by atoms with van der Waals surface area (Å²) in [6.07, 6.45) is -4.21. The van der Waals surface area contributed by atoms with E-state index in [4.69, 9.17) is 9.26 Å². The number of nitrogens with one attached hydrogen (secondary N) is 1. The molecular formula is C8H11F3N2O2. The molecule has 0 aromatic carbocycles. The Morgan fingerprint density at radius 3 is 2.87 bits per heavy atom. The van der Waals surface area contributed by atoms with Gasteiger partial charge in [-0.25, -0.2) is 0 Å². The van der Waals surface area contributed by atoms with E-state index in [1.807, 2.05) is 0 Å². The summed E-state index contributed by atoms with van der Waals surface area (Å²) in [6, 6.07) is 1.55. The average molecular weight is 224 g/mol. The second-order valence-electron chi connectivity index (χ2n) is 2.94. The lowest BCUT2D eigenvalue weighted by atomic mass is 10.3. The molecule has 7 heteroatoms. The van der Waals surface area contributed by atoms with Crippen molar-refractivity contribution < 1.29 is 22.4 Å². The third kappa shape index (κ3) is 4.80. The summed E-state index contributed by atoms with van der Waals surface area (Å²) in [6.45, 7) is -0.765. The molecule has 0 radical (unpaired) electrons. The molecule has 0 amide bonds. The minimum Gasteiger partial charge on any atom is -0.377 e. The summed E-state index contributed by atoms with van der Waals surface area (Å²) >= 11 is 0. The van der Waals surface area contributed by atoms with Crippen LogP contribution in [0.2, 0.25) is 0 Å². The molecule has 15 heavy (non-hydrogen) atoms. The number of halogens is 3. The van der Waals surface area contributed by atoms with E-state index in [0.29, 0.717) is 11.5 Å². The van der Waals surface area contributed by atoms with E-state index in [9.17, 15) is 13.2 Å². The van der Waals surface area contributed by atoms with Crippen LogP contribution in [0.4, 0.5) is 13.2 Å². The Hall–Kier alpha value is -1.08. The number of methoxy groups -OCH3 is 1. The van der Waals surface area contributed by atoms with Gasteiger partial charge in [0.05, 0.1) is 12.2 Å². The maximum Gasteiger partial charge on any atom is 0.401 e. The number of ether oxygens (including phenoxy) is 1. The van der Waals surface area contributed by atoms with Gasteiger partial charge in [0.1, 0.15) is 6.61 Å². The van der Waals surface area contributed by atoms with E-state index < -0.39 is 12.7 Å². The van der Waals surface area contributed by atoms with Crippen molar-refractivity contribution in [3.8, 4) is 0 Å². The highest BCUT2D eigenvalue weighted by Crippen LogP contribution is 2.12. The van der Waals surface area contributed by atoms with Gasteiger partial charge in [0, 0.05) is 19.7 Å². The third-order valence-corrected chi connectivity index (χ3v) is 1.53. The van der Waals surface area contributed by atoms with E-state index in [-0.39, 0.29) is 13.2 Å². The number of hydrogen-bond acceptors (Lipinski definition) is 4. The van der Waals surface area contributed by atoms with Crippen molar-refractivity contribution in [2.75, 3.05) is 13.7 Å². The molecule has 0 atom stereocenters. The molecule has 0 saturated carbocycles. The molecule has 0 bridgehead atoms. The zero-order valence-corrected chi connectivity index (χ0v) is 8.10. The van der Waals surface area contributed by atoms with Gasteiger partial charge in [-0.15, -0.1) is 0 Å². The number of aromatic nitrogens is 1. The maximum atomic E-state index is 11.8. The van der Waals surface area contributed by atoms with Crippen LogP contribution in [0.15, 0.2) is 10.6 Å². The first-order chi connectivity index (χ1) is 7.01. The van der Waals surface area contributed by atoms with Gasteiger partial charge in [-0.1, -0.05) is 5.16 Å². The van der Waals surface area contributed by atoms with Gasteiger partial charge in [-0.05, 0) is 0 Å². The first kappa shape index (κ1) is 12.0. The van der Waals surface area contributed by atoms with Gasteiger partial charge < -0.3 is 14.6 Å². The minimum absolute atomic E-state index is 0.0206. The molecular weight excluding hydrogens is 213 g/mol. The van der Waals surface area contributed by atoms with Gasteiger partial charge in [-0.3, -0.25) is 0 Å². The molecule has 86 valence electrons. The summed E-state index contributed by atoms with van der Waals surface area (Å²) in [4.78, 5) is 0. The minimum atomic E-state index is -4.21. The lowest BCUT2D eigenvalue weighted by Crippen LogP contribution is -2.28. The lowest BCUT2D eigenvalue weighted by molar-refractivity contribution is -0.125. The molecule has 0 fully saturated rings. The van der Waals surface area contributed by atoms with Gasteiger partial charge >= 0.3 is 6.18 Å². The zero-order chi connectivity index (χ0) is 11.3. The van der Waals surface area contributed by atoms with Crippen LogP contribution in [0.25, 0.3) is 0 Å². The maximum absolute atomic E-state index is 11.8. The Bertz CT molecular complexity index is 298. The molecule has 0 aliphatic carbocycles. The Morgan fingerprint density at radius 2 is 2.27 bits per heavy atom. The predicted octanol–water partition coefficient (Wildman–Crippen LogP) is 1.47. The fourth-order valence-electron chi connectivity index (χ4n) is 0.982. The quantitative estimate of drug-likeness (QED) is 0.822. The second-order valence-corrected chi connectivity index (χ2v) is 2.94. The molecule has 1 rings (SSSR count). The molecule has 1 aromatic heterocycles. The highest BCUT2D eigenvalue weighted by atomic mass is 19.4. The lowest BCUT2D eigenvalue weighted by Gasteiger charge is -2.05. The van der Waals surface area contributed by atoms with Gasteiger partial charge in [0.2, 0.25) is 0 Å². The second kappa shape index (κ2) is 5.13. The number of rotatable bonds is 5. The van der Waals surface area contributed by atoms with Gasteiger partial charge in [0.15, 0.2) is 5.76 Å². The van der Waals surface area contributed by atoms with Gasteiger partial charge in [0.25, 0.3) is 0 Å². The molecule has 0 aliphatic heterocycles. The van der Waals surface area contributed by atoms with Crippen LogP contribution in [0.1, 0.15) is 11.5 Å². The highest BCUT2D eigenvalue weighted by Gasteiger charge is 2.26. The average Bonchev–Trinajstić information content (AvgIpc) is 2.51. The van der Waals surface area contributed by atoms with Crippen LogP contribution in [0, 0.1) is 0 Å². The van der Waals surface area contributed by atoms with Crippen LogP contribution in [0.3, 0.4) is 0 Å². The molecule has 0 unspecified atom stereocenters. The van der Waals surface area contributed by atoms with Crippen molar-refractivity contribution in [2.45, 2.75) is 19.3 Å². The Morgan fingerprint density at radius 1 is 1.53 bits per heavy atom. The standard InChI is InChI=1S/C8H11F3N2O2/c1-14-4-7-2-6(13-15-7)3-12-5-8(9,10)11/h2,12H,3-5H2,1H3. The van der Waals surface area contributed by atoms with Crippen molar-refractivity contribution in [3.05, 3.63) is 17.5 Å². The van der Waals surface area contributed by atoms with Crippen molar-refractivity contribution in [1.82, 2.24) is 10.5 Å². The smallest absolute Gasteiger partial charge is 0.377 e. The number of hydrogen-bond donors (Lipinski definition) is 1. The topological polar surface area (TPSA) is 47.3 Å². The predicted molar refractivity (Wildman–Crippen MR) is 45.0 cm³/mol. The van der Waals surface area contributed by atoms with E-state index in [1.165, 1.54) is 7.11 Å². The van der Waals surface area contributed by atoms with Crippen LogP contribution in [-0.4, -0.2) is 25.0 Å². The van der Waals surface area contributed by atoms with Gasteiger partial charge in [-0.2, -0.15) is 13.2 Å². The highest BCUT2D eigenvalue weighted by molar-refractivity contribution is 5.04. The zero-order valence-electron chi connectivity index (χ0n) is 8.10. The molecule has 4 nitrogen and oxygen atoms in total. The molecule has 0 aliphatic rings. The normalized spacial score (nSPS) is 12.0. The Labute approximate surface area is 84.4 Å². The fraction of sp³-hybridized carbons (Fsp3) is 0.625. The number of nitrogens with zero attached hydrogens (tertiary/aromatic N) is 1. The molecule has 1 aromatic rings. The van der Waals surface area contributed by atoms with Crippen molar-refractivity contribution in [2.24, 2.45) is 0 Å². The van der Waals surface area contributed by atoms with Crippen LogP contribution >= 0.6 is 0 Å². The Kier molecular flexibility index (Phi) is 4.10. The van der Waals surface area contributed by atoms with Crippen molar-refractivity contribution in [3.63, 3.8) is 0 Å². The monoisotopic (exact) mass is 224 g/mol. The van der Waals surface area contributed by atoms with E-state index >= 15 is 0 Å². The van der Waals surface area contributed by atoms with Crippen molar-refractivity contribution in [1.29, 1.82) is 0 Å². The molecule has 0 spiro atoms. The summed E-state index contributed by atoms with van der Waals surface area (Å²) < 4.78 is 44.8. The fourth-order valence-corrected chi connectivity index (χ4v) is 0.982. The van der Waals surface area contributed by atoms with E-state index in [1.54, 1.807) is 6.07 Å². The first-order valence-electron chi connectivity index (χ1n) is 4.22. The summed E-state index contributed by atoms with van der Waals surface area (Å²) in [5, 5.41) is 5.78. The summed E-state index contributed by atoms with van der Waals surface area (Å²) in [5.74, 6) is 0.487. The molecule has 1 heterocycles. The van der Waals surface area contributed by atoms with Crippen LogP contribution in [-0.2, 0) is 17.9 Å². The SMILES string of the molecule is COCc1cc(CNCC(F)(F)F)no1. The van der Waals surface area contributed by atoms with Crippen LogP contribution in [0.5, 0.6) is 0 Å². The van der Waals surface area contributed by atoms with Crippen LogP contribution < -0.4 is 5.32 Å². The van der Waals surface area contributed by atoms with E-state index in [0.717, 1.165) is 0 Å². The molecule has 1 N–H and O–H groups in total. The van der Waals surface area contributed by atoms with Crippen molar-refractivity contribution >= 4 is 0 Å². The summed E-state index contributed by atoms with van der Waals surface area (Å²) in [5.41, 5.74) is 0.423. The van der Waals surface area contributed by atoms with E-state index in [2.05, 4.69) is 10.5 Å².